The van der Waals surface area contributed by atoms with Gasteiger partial charge in [-0.05, 0) is 37.3 Å². The number of rotatable bonds is 8. The molecule has 0 saturated heterocycles. The van der Waals surface area contributed by atoms with Crippen LogP contribution in [0.2, 0.25) is 0 Å². The van der Waals surface area contributed by atoms with Crippen LogP contribution in [0.3, 0.4) is 0 Å². The maximum Gasteiger partial charge on any atom is 0.305 e. The van der Waals surface area contributed by atoms with Crippen LogP contribution in [0.4, 0.5) is 0 Å². The highest BCUT2D eigenvalue weighted by Crippen LogP contribution is 2.49. The van der Waals surface area contributed by atoms with Crippen LogP contribution in [-0.2, 0) is 14.9 Å². The van der Waals surface area contributed by atoms with Crippen molar-refractivity contribution in [3.8, 4) is 0 Å². The molecule has 0 unspecified atom stereocenters. The van der Waals surface area contributed by atoms with E-state index in [0.29, 0.717) is 6.42 Å². The van der Waals surface area contributed by atoms with Crippen LogP contribution in [0.25, 0.3) is 0 Å². The van der Waals surface area contributed by atoms with Crippen molar-refractivity contribution in [2.75, 3.05) is 27.2 Å². The molecular formula is C18H27BrIN3O2. The standard InChI is InChI=1S/C18H26BrN3O2.HI/c1-20-17(21-12-6-5-9-16(23)24-2)22-13-18(10-11-18)14-7-3-4-8-15(14)19;/h3-4,7-8H,5-6,9-13H2,1-2H3,(H2,20,21,22);1H. The Morgan fingerprint density at radius 2 is 2.00 bits per heavy atom. The van der Waals surface area contributed by atoms with Gasteiger partial charge in [0.05, 0.1) is 7.11 Å². The number of hydrogen-bond donors (Lipinski definition) is 2. The molecule has 0 spiro atoms. The number of benzene rings is 1. The fourth-order valence-electron chi connectivity index (χ4n) is 2.76. The highest BCUT2D eigenvalue weighted by Gasteiger charge is 2.45. The lowest BCUT2D eigenvalue weighted by atomic mass is 9.96. The lowest BCUT2D eigenvalue weighted by Gasteiger charge is -2.20. The van der Waals surface area contributed by atoms with E-state index in [2.05, 4.69) is 54.5 Å². The summed E-state index contributed by atoms with van der Waals surface area (Å²) in [7, 11) is 3.20. The molecule has 25 heavy (non-hydrogen) atoms. The second-order valence-corrected chi connectivity index (χ2v) is 7.00. The number of nitrogens with zero attached hydrogens (tertiary/aromatic N) is 1. The fourth-order valence-corrected chi connectivity index (χ4v) is 3.47. The number of guanidine groups is 1. The number of hydrogen-bond acceptors (Lipinski definition) is 3. The van der Waals surface area contributed by atoms with Gasteiger partial charge >= 0.3 is 5.97 Å². The number of methoxy groups -OCH3 is 1. The number of unbranched alkanes of at least 4 members (excludes halogenated alkanes) is 1. The van der Waals surface area contributed by atoms with Gasteiger partial charge in [0.15, 0.2) is 5.96 Å². The number of ether oxygens (including phenoxy) is 1. The Kier molecular flexibility index (Phi) is 9.78. The number of carbonyl (C=O) groups excluding carboxylic acids is 1. The van der Waals surface area contributed by atoms with Crippen LogP contribution in [0, 0.1) is 0 Å². The zero-order valence-corrected chi connectivity index (χ0v) is 18.7. The van der Waals surface area contributed by atoms with E-state index in [4.69, 9.17) is 0 Å². The molecule has 0 atom stereocenters. The Labute approximate surface area is 175 Å². The van der Waals surface area contributed by atoms with Crippen molar-refractivity contribution in [2.45, 2.75) is 37.5 Å². The number of carbonyl (C=O) groups is 1. The molecule has 2 rings (SSSR count). The molecule has 1 fully saturated rings. The maximum absolute atomic E-state index is 11.1. The third-order valence-electron chi connectivity index (χ3n) is 4.44. The number of nitrogens with one attached hydrogen (secondary N) is 2. The largest absolute Gasteiger partial charge is 0.469 e. The topological polar surface area (TPSA) is 62.7 Å². The first-order valence-corrected chi connectivity index (χ1v) is 9.17. The van der Waals surface area contributed by atoms with Crippen LogP contribution in [-0.4, -0.2) is 39.2 Å². The molecule has 2 N–H and O–H groups in total. The molecule has 0 aliphatic heterocycles. The van der Waals surface area contributed by atoms with Gasteiger partial charge in [-0.1, -0.05) is 34.1 Å². The molecule has 0 heterocycles. The zero-order chi connectivity index (χ0) is 17.4. The Bertz CT molecular complexity index is 591. The van der Waals surface area contributed by atoms with Gasteiger partial charge in [0.2, 0.25) is 0 Å². The molecule has 1 aliphatic rings. The fraction of sp³-hybridized carbons (Fsp3) is 0.556. The Hall–Kier alpha value is -0.830. The molecule has 1 saturated carbocycles. The molecule has 0 radical (unpaired) electrons. The lowest BCUT2D eigenvalue weighted by molar-refractivity contribution is -0.140. The molecule has 1 aromatic carbocycles. The molecule has 0 bridgehead atoms. The van der Waals surface area contributed by atoms with Crippen LogP contribution < -0.4 is 10.6 Å². The van der Waals surface area contributed by atoms with Gasteiger partial charge < -0.3 is 15.4 Å². The Balaban J connectivity index is 0.00000312. The first-order chi connectivity index (χ1) is 11.6. The minimum Gasteiger partial charge on any atom is -0.469 e. The molecule has 5 nitrogen and oxygen atoms in total. The summed E-state index contributed by atoms with van der Waals surface area (Å²) in [5.41, 5.74) is 1.58. The van der Waals surface area contributed by atoms with E-state index in [1.54, 1.807) is 7.05 Å². The average Bonchev–Trinajstić information content (AvgIpc) is 3.38. The molecule has 1 aromatic rings. The lowest BCUT2D eigenvalue weighted by Crippen LogP contribution is -2.41. The van der Waals surface area contributed by atoms with Gasteiger partial charge in [-0.15, -0.1) is 24.0 Å². The van der Waals surface area contributed by atoms with E-state index in [9.17, 15) is 4.79 Å². The van der Waals surface area contributed by atoms with E-state index in [1.807, 2.05) is 6.07 Å². The predicted molar refractivity (Wildman–Crippen MR) is 116 cm³/mol. The summed E-state index contributed by atoms with van der Waals surface area (Å²) >= 11 is 3.66. The number of aliphatic imine (C=N–C) groups is 1. The normalized spacial score (nSPS) is 15.1. The van der Waals surface area contributed by atoms with Crippen molar-refractivity contribution in [1.29, 1.82) is 0 Å². The summed E-state index contributed by atoms with van der Waals surface area (Å²) in [6.45, 7) is 1.66. The highest BCUT2D eigenvalue weighted by atomic mass is 127. The van der Waals surface area contributed by atoms with Crippen LogP contribution in [0.1, 0.15) is 37.7 Å². The third kappa shape index (κ3) is 6.77. The summed E-state index contributed by atoms with van der Waals surface area (Å²) in [4.78, 5) is 15.3. The SMILES string of the molecule is CN=C(NCCCCC(=O)OC)NCC1(c2ccccc2Br)CC1.I. The van der Waals surface area contributed by atoms with Crippen LogP contribution in [0.15, 0.2) is 33.7 Å². The number of halogens is 2. The zero-order valence-electron chi connectivity index (χ0n) is 14.8. The van der Waals surface area contributed by atoms with Crippen molar-refractivity contribution in [3.05, 3.63) is 34.3 Å². The van der Waals surface area contributed by atoms with Gasteiger partial charge in [-0.2, -0.15) is 0 Å². The van der Waals surface area contributed by atoms with E-state index < -0.39 is 0 Å². The van der Waals surface area contributed by atoms with E-state index >= 15 is 0 Å². The summed E-state index contributed by atoms with van der Waals surface area (Å²) in [5, 5.41) is 6.74. The third-order valence-corrected chi connectivity index (χ3v) is 5.14. The van der Waals surface area contributed by atoms with Gasteiger partial charge in [0.1, 0.15) is 0 Å². The molecule has 7 heteroatoms. The quantitative estimate of drug-likeness (QED) is 0.180. The monoisotopic (exact) mass is 523 g/mol. The smallest absolute Gasteiger partial charge is 0.305 e. The summed E-state index contributed by atoms with van der Waals surface area (Å²) in [6.07, 6.45) is 4.58. The van der Waals surface area contributed by atoms with E-state index in [-0.39, 0.29) is 35.4 Å². The molecule has 1 aliphatic carbocycles. The second-order valence-electron chi connectivity index (χ2n) is 6.15. The van der Waals surface area contributed by atoms with Crippen molar-refractivity contribution in [1.82, 2.24) is 10.6 Å². The van der Waals surface area contributed by atoms with Crippen LogP contribution >= 0.6 is 39.9 Å². The maximum atomic E-state index is 11.1. The number of esters is 1. The first-order valence-electron chi connectivity index (χ1n) is 8.37. The molecular weight excluding hydrogens is 497 g/mol. The minimum absolute atomic E-state index is 0. The van der Waals surface area contributed by atoms with Gasteiger partial charge in [0, 0.05) is 36.4 Å². The summed E-state index contributed by atoms with van der Waals surface area (Å²) < 4.78 is 5.81. The minimum atomic E-state index is -0.151. The van der Waals surface area contributed by atoms with E-state index in [0.717, 1.165) is 31.9 Å². The second kappa shape index (κ2) is 11.0. The van der Waals surface area contributed by atoms with Crippen molar-refractivity contribution in [2.24, 2.45) is 4.99 Å². The molecule has 140 valence electrons. The Morgan fingerprint density at radius 3 is 2.60 bits per heavy atom. The van der Waals surface area contributed by atoms with Crippen molar-refractivity contribution >= 4 is 51.8 Å². The van der Waals surface area contributed by atoms with Crippen LogP contribution in [0.5, 0.6) is 0 Å². The van der Waals surface area contributed by atoms with Gasteiger partial charge in [0.25, 0.3) is 0 Å². The molecule has 0 aromatic heterocycles. The first kappa shape index (κ1) is 22.2. The molecule has 0 amide bonds. The van der Waals surface area contributed by atoms with Gasteiger partial charge in [-0.25, -0.2) is 0 Å². The highest BCUT2D eigenvalue weighted by molar-refractivity contribution is 14.0. The van der Waals surface area contributed by atoms with E-state index in [1.165, 1.54) is 30.0 Å². The summed E-state index contributed by atoms with van der Waals surface area (Å²) in [6, 6.07) is 8.44. The Morgan fingerprint density at radius 1 is 1.28 bits per heavy atom. The summed E-state index contributed by atoms with van der Waals surface area (Å²) in [5.74, 6) is 0.660. The average molecular weight is 524 g/mol. The van der Waals surface area contributed by atoms with Crippen molar-refractivity contribution < 1.29 is 9.53 Å². The van der Waals surface area contributed by atoms with Gasteiger partial charge in [-0.3, -0.25) is 9.79 Å². The van der Waals surface area contributed by atoms with Crippen molar-refractivity contribution in [3.63, 3.8) is 0 Å². The predicted octanol–water partition coefficient (Wildman–Crippen LogP) is 3.61.